The van der Waals surface area contributed by atoms with Crippen molar-refractivity contribution in [3.8, 4) is 11.4 Å². The molecule has 1 atom stereocenters. The molecule has 2 heterocycles. The third-order valence-electron chi connectivity index (χ3n) is 5.03. The number of aromatic nitrogens is 5. The number of rotatable bonds is 6. The molecule has 30 heavy (non-hydrogen) atoms. The van der Waals surface area contributed by atoms with Crippen LogP contribution in [0, 0.1) is 0 Å². The SMILES string of the molecule is C[C@@H](c1ccc(-n2cncn2)cc1)N(C)C(=O)/C=C/c1cnn(-c2ccccc2)c1. The van der Waals surface area contributed by atoms with Gasteiger partial charge in [-0.2, -0.15) is 10.2 Å². The van der Waals surface area contributed by atoms with Crippen LogP contribution < -0.4 is 0 Å². The summed E-state index contributed by atoms with van der Waals surface area (Å²) in [5.41, 5.74) is 3.81. The fourth-order valence-electron chi connectivity index (χ4n) is 3.09. The van der Waals surface area contributed by atoms with Gasteiger partial charge in [0.15, 0.2) is 0 Å². The van der Waals surface area contributed by atoms with E-state index in [4.69, 9.17) is 0 Å². The molecule has 0 bridgehead atoms. The minimum Gasteiger partial charge on any atom is -0.335 e. The number of hydrogen-bond acceptors (Lipinski definition) is 4. The minimum absolute atomic E-state index is 0.0704. The van der Waals surface area contributed by atoms with E-state index in [1.54, 1.807) is 46.0 Å². The van der Waals surface area contributed by atoms with E-state index >= 15 is 0 Å². The van der Waals surface area contributed by atoms with Gasteiger partial charge in [0.2, 0.25) is 5.91 Å². The third-order valence-corrected chi connectivity index (χ3v) is 5.03. The van der Waals surface area contributed by atoms with Crippen molar-refractivity contribution in [1.29, 1.82) is 0 Å². The van der Waals surface area contributed by atoms with Crippen LogP contribution >= 0.6 is 0 Å². The number of para-hydroxylation sites is 1. The van der Waals surface area contributed by atoms with Crippen LogP contribution in [0.15, 0.2) is 85.7 Å². The summed E-state index contributed by atoms with van der Waals surface area (Å²) in [6, 6.07) is 17.7. The lowest BCUT2D eigenvalue weighted by atomic mass is 10.1. The van der Waals surface area contributed by atoms with E-state index in [9.17, 15) is 4.79 Å². The predicted octanol–water partition coefficient (Wildman–Crippen LogP) is 3.69. The van der Waals surface area contributed by atoms with Crippen LogP contribution in [0.2, 0.25) is 0 Å². The lowest BCUT2D eigenvalue weighted by Crippen LogP contribution is -2.27. The fourth-order valence-corrected chi connectivity index (χ4v) is 3.09. The second-order valence-electron chi connectivity index (χ2n) is 6.94. The molecule has 0 fully saturated rings. The maximum absolute atomic E-state index is 12.7. The Labute approximate surface area is 174 Å². The molecule has 4 aromatic rings. The van der Waals surface area contributed by atoms with Gasteiger partial charge in [-0.1, -0.05) is 30.3 Å². The molecule has 7 nitrogen and oxygen atoms in total. The lowest BCUT2D eigenvalue weighted by molar-refractivity contribution is -0.126. The van der Waals surface area contributed by atoms with Crippen LogP contribution in [0.5, 0.6) is 0 Å². The molecule has 0 N–H and O–H groups in total. The highest BCUT2D eigenvalue weighted by Crippen LogP contribution is 2.21. The van der Waals surface area contributed by atoms with Crippen LogP contribution in [-0.4, -0.2) is 42.4 Å². The van der Waals surface area contributed by atoms with Crippen LogP contribution in [0.4, 0.5) is 0 Å². The van der Waals surface area contributed by atoms with E-state index in [1.165, 1.54) is 6.33 Å². The summed E-state index contributed by atoms with van der Waals surface area (Å²) in [6.45, 7) is 2.00. The molecule has 2 aromatic heterocycles. The highest BCUT2D eigenvalue weighted by molar-refractivity contribution is 5.91. The monoisotopic (exact) mass is 398 g/mol. The van der Waals surface area contributed by atoms with Gasteiger partial charge < -0.3 is 4.90 Å². The van der Waals surface area contributed by atoms with Gasteiger partial charge in [0, 0.05) is 24.9 Å². The smallest absolute Gasteiger partial charge is 0.246 e. The second-order valence-corrected chi connectivity index (χ2v) is 6.94. The highest BCUT2D eigenvalue weighted by Gasteiger charge is 2.15. The van der Waals surface area contributed by atoms with Gasteiger partial charge in [-0.05, 0) is 42.8 Å². The molecule has 0 radical (unpaired) electrons. The van der Waals surface area contributed by atoms with Gasteiger partial charge >= 0.3 is 0 Å². The van der Waals surface area contributed by atoms with Crippen LogP contribution in [-0.2, 0) is 4.79 Å². The van der Waals surface area contributed by atoms with E-state index < -0.39 is 0 Å². The van der Waals surface area contributed by atoms with Gasteiger partial charge in [0.25, 0.3) is 0 Å². The quantitative estimate of drug-likeness (QED) is 0.465. The molecule has 0 saturated carbocycles. The van der Waals surface area contributed by atoms with E-state index in [0.717, 1.165) is 22.5 Å². The topological polar surface area (TPSA) is 68.8 Å². The van der Waals surface area contributed by atoms with Gasteiger partial charge in [0.05, 0.1) is 23.6 Å². The molecule has 150 valence electrons. The first-order chi connectivity index (χ1) is 14.6. The summed E-state index contributed by atoms with van der Waals surface area (Å²) in [5.74, 6) is -0.0738. The Kier molecular flexibility index (Phi) is 5.52. The number of amides is 1. The average Bonchev–Trinajstić information content (AvgIpc) is 3.50. The number of carbonyl (C=O) groups excluding carboxylic acids is 1. The van der Waals surface area contributed by atoms with E-state index in [-0.39, 0.29) is 11.9 Å². The Morgan fingerprint density at radius 2 is 1.73 bits per heavy atom. The first kappa shape index (κ1) is 19.3. The second kappa shape index (κ2) is 8.57. The fraction of sp³-hybridized carbons (Fsp3) is 0.130. The Bertz CT molecular complexity index is 1130. The largest absolute Gasteiger partial charge is 0.335 e. The summed E-state index contributed by atoms with van der Waals surface area (Å²) in [7, 11) is 1.80. The van der Waals surface area contributed by atoms with Crippen molar-refractivity contribution in [3.63, 3.8) is 0 Å². The van der Waals surface area contributed by atoms with Gasteiger partial charge in [-0.15, -0.1) is 0 Å². The van der Waals surface area contributed by atoms with Crippen molar-refractivity contribution in [3.05, 3.63) is 96.8 Å². The van der Waals surface area contributed by atoms with Crippen molar-refractivity contribution < 1.29 is 4.79 Å². The Morgan fingerprint density at radius 3 is 2.43 bits per heavy atom. The Morgan fingerprint density at radius 1 is 1.00 bits per heavy atom. The number of benzene rings is 2. The molecule has 2 aromatic carbocycles. The van der Waals surface area contributed by atoms with Crippen molar-refractivity contribution >= 4 is 12.0 Å². The first-order valence-corrected chi connectivity index (χ1v) is 9.62. The number of carbonyl (C=O) groups is 1. The van der Waals surface area contributed by atoms with Crippen molar-refractivity contribution in [2.24, 2.45) is 0 Å². The minimum atomic E-state index is -0.0738. The normalized spacial score (nSPS) is 12.2. The number of nitrogens with zero attached hydrogens (tertiary/aromatic N) is 6. The molecular weight excluding hydrogens is 376 g/mol. The zero-order valence-electron chi connectivity index (χ0n) is 16.8. The maximum Gasteiger partial charge on any atom is 0.246 e. The van der Waals surface area contributed by atoms with Crippen LogP contribution in [0.3, 0.4) is 0 Å². The van der Waals surface area contributed by atoms with E-state index in [2.05, 4.69) is 15.2 Å². The molecule has 0 aliphatic heterocycles. The van der Waals surface area contributed by atoms with Gasteiger partial charge in [-0.3, -0.25) is 4.79 Å². The Balaban J connectivity index is 1.41. The molecule has 0 saturated heterocycles. The molecule has 7 heteroatoms. The predicted molar refractivity (Wildman–Crippen MR) is 115 cm³/mol. The average molecular weight is 398 g/mol. The zero-order chi connectivity index (χ0) is 20.9. The van der Waals surface area contributed by atoms with Gasteiger partial charge in [-0.25, -0.2) is 14.3 Å². The molecule has 0 aliphatic carbocycles. The van der Waals surface area contributed by atoms with E-state index in [1.807, 2.05) is 67.7 Å². The lowest BCUT2D eigenvalue weighted by Gasteiger charge is -2.24. The molecule has 1 amide bonds. The summed E-state index contributed by atoms with van der Waals surface area (Å²) < 4.78 is 3.48. The van der Waals surface area contributed by atoms with Crippen LogP contribution in [0.1, 0.15) is 24.1 Å². The maximum atomic E-state index is 12.7. The molecule has 0 aliphatic rings. The van der Waals surface area contributed by atoms with Crippen molar-refractivity contribution in [2.75, 3.05) is 7.05 Å². The van der Waals surface area contributed by atoms with Crippen molar-refractivity contribution in [2.45, 2.75) is 13.0 Å². The standard InChI is InChI=1S/C23H22N6O/c1-18(20-9-11-22(12-10-20)29-17-24-16-26-29)27(2)23(30)13-8-19-14-25-28(15-19)21-6-4-3-5-7-21/h3-18H,1-2H3/b13-8+/t18-/m0/s1. The summed E-state index contributed by atoms with van der Waals surface area (Å²) in [4.78, 5) is 18.3. The first-order valence-electron chi connectivity index (χ1n) is 9.62. The Hall–Kier alpha value is -4.00. The molecule has 0 spiro atoms. The van der Waals surface area contributed by atoms with Crippen LogP contribution in [0.25, 0.3) is 17.5 Å². The number of hydrogen-bond donors (Lipinski definition) is 0. The van der Waals surface area contributed by atoms with Crippen molar-refractivity contribution in [1.82, 2.24) is 29.4 Å². The summed E-state index contributed by atoms with van der Waals surface area (Å²) >= 11 is 0. The summed E-state index contributed by atoms with van der Waals surface area (Å²) in [6.07, 6.45) is 10.1. The molecule has 0 unspecified atom stereocenters. The van der Waals surface area contributed by atoms with E-state index in [0.29, 0.717) is 0 Å². The summed E-state index contributed by atoms with van der Waals surface area (Å²) in [5, 5.41) is 8.47. The zero-order valence-corrected chi connectivity index (χ0v) is 16.8. The molecular formula is C23H22N6O. The van der Waals surface area contributed by atoms with Gasteiger partial charge in [0.1, 0.15) is 12.7 Å². The molecule has 4 rings (SSSR count). The number of likely N-dealkylation sites (N-methyl/N-ethyl adjacent to an activating group) is 1. The highest BCUT2D eigenvalue weighted by atomic mass is 16.2. The third kappa shape index (κ3) is 4.20.